The predicted molar refractivity (Wildman–Crippen MR) is 77.0 cm³/mol. The molecule has 0 atom stereocenters. The zero-order valence-electron chi connectivity index (χ0n) is 10.0. The van der Waals surface area contributed by atoms with E-state index in [1.807, 2.05) is 18.2 Å². The highest BCUT2D eigenvalue weighted by Gasteiger charge is 1.97. The first-order valence-corrected chi connectivity index (χ1v) is 6.04. The van der Waals surface area contributed by atoms with Gasteiger partial charge in [-0.3, -0.25) is 5.43 Å². The highest BCUT2D eigenvalue weighted by molar-refractivity contribution is 7.80. The lowest BCUT2D eigenvalue weighted by molar-refractivity contribution is 0.474. The molecular formula is C13H13N3O2S. The van der Waals surface area contributed by atoms with Crippen molar-refractivity contribution in [2.24, 2.45) is 5.10 Å². The van der Waals surface area contributed by atoms with Crippen molar-refractivity contribution < 1.29 is 9.52 Å². The van der Waals surface area contributed by atoms with Crippen LogP contribution in [0.1, 0.15) is 11.3 Å². The Morgan fingerprint density at radius 1 is 1.32 bits per heavy atom. The minimum Gasteiger partial charge on any atom is -0.507 e. The smallest absolute Gasteiger partial charge is 0.187 e. The van der Waals surface area contributed by atoms with Crippen LogP contribution >= 0.6 is 12.2 Å². The zero-order chi connectivity index (χ0) is 13.5. The van der Waals surface area contributed by atoms with Crippen molar-refractivity contribution in [2.75, 3.05) is 0 Å². The van der Waals surface area contributed by atoms with Gasteiger partial charge in [0.2, 0.25) is 0 Å². The Labute approximate surface area is 115 Å². The number of nitrogens with zero attached hydrogens (tertiary/aromatic N) is 1. The van der Waals surface area contributed by atoms with Crippen LogP contribution in [0.15, 0.2) is 52.2 Å². The molecule has 0 aliphatic heterocycles. The Bertz CT molecular complexity index is 567. The van der Waals surface area contributed by atoms with Crippen molar-refractivity contribution in [1.82, 2.24) is 10.7 Å². The Balaban J connectivity index is 1.79. The van der Waals surface area contributed by atoms with Gasteiger partial charge >= 0.3 is 0 Å². The van der Waals surface area contributed by atoms with Gasteiger partial charge in [-0.1, -0.05) is 12.1 Å². The van der Waals surface area contributed by atoms with Crippen LogP contribution < -0.4 is 10.7 Å². The van der Waals surface area contributed by atoms with E-state index in [0.717, 1.165) is 5.76 Å². The minimum absolute atomic E-state index is 0.169. The van der Waals surface area contributed by atoms with Crippen molar-refractivity contribution in [3.05, 3.63) is 54.0 Å². The number of phenols is 1. The molecule has 1 heterocycles. The molecule has 0 saturated heterocycles. The lowest BCUT2D eigenvalue weighted by Crippen LogP contribution is -2.31. The molecule has 0 spiro atoms. The summed E-state index contributed by atoms with van der Waals surface area (Å²) in [5.41, 5.74) is 3.27. The summed E-state index contributed by atoms with van der Waals surface area (Å²) < 4.78 is 5.15. The van der Waals surface area contributed by atoms with E-state index in [1.54, 1.807) is 24.5 Å². The molecule has 2 rings (SSSR count). The first-order chi connectivity index (χ1) is 9.25. The molecule has 5 nitrogen and oxygen atoms in total. The molecule has 6 heteroatoms. The van der Waals surface area contributed by atoms with E-state index in [1.165, 1.54) is 6.21 Å². The van der Waals surface area contributed by atoms with Crippen molar-refractivity contribution in [3.8, 4) is 5.75 Å². The normalized spacial score (nSPS) is 10.5. The number of hydrogen-bond acceptors (Lipinski definition) is 4. The lowest BCUT2D eigenvalue weighted by Gasteiger charge is -2.04. The number of thiocarbonyl (C=S) groups is 1. The van der Waals surface area contributed by atoms with Crippen molar-refractivity contribution in [2.45, 2.75) is 6.54 Å². The molecule has 0 aliphatic rings. The van der Waals surface area contributed by atoms with Gasteiger partial charge in [0.05, 0.1) is 19.0 Å². The molecule has 0 unspecified atom stereocenters. The fourth-order valence-electron chi connectivity index (χ4n) is 1.38. The second-order valence-electron chi connectivity index (χ2n) is 3.69. The van der Waals surface area contributed by atoms with Crippen LogP contribution in [0.3, 0.4) is 0 Å². The second-order valence-corrected chi connectivity index (χ2v) is 4.10. The van der Waals surface area contributed by atoms with Gasteiger partial charge in [-0.05, 0) is 36.5 Å². The van der Waals surface area contributed by atoms with E-state index < -0.39 is 0 Å². The van der Waals surface area contributed by atoms with Crippen LogP contribution in [0.2, 0.25) is 0 Å². The van der Waals surface area contributed by atoms with Gasteiger partial charge in [0.15, 0.2) is 5.11 Å². The Morgan fingerprint density at radius 2 is 2.16 bits per heavy atom. The monoisotopic (exact) mass is 275 g/mol. The summed E-state index contributed by atoms with van der Waals surface area (Å²) in [7, 11) is 0. The summed E-state index contributed by atoms with van der Waals surface area (Å²) in [4.78, 5) is 0. The third-order valence-corrected chi connectivity index (χ3v) is 2.55. The van der Waals surface area contributed by atoms with Gasteiger partial charge in [0.1, 0.15) is 11.5 Å². The van der Waals surface area contributed by atoms with E-state index in [0.29, 0.717) is 17.2 Å². The predicted octanol–water partition coefficient (Wildman–Crippen LogP) is 1.98. The molecule has 19 heavy (non-hydrogen) atoms. The maximum absolute atomic E-state index is 9.52. The van der Waals surface area contributed by atoms with Gasteiger partial charge in [-0.25, -0.2) is 0 Å². The van der Waals surface area contributed by atoms with Gasteiger partial charge in [0.25, 0.3) is 0 Å². The Morgan fingerprint density at radius 3 is 2.89 bits per heavy atom. The highest BCUT2D eigenvalue weighted by atomic mass is 32.1. The molecule has 1 aromatic carbocycles. The van der Waals surface area contributed by atoms with Crippen LogP contribution in [0.25, 0.3) is 0 Å². The summed E-state index contributed by atoms with van der Waals surface area (Å²) in [6.07, 6.45) is 3.10. The van der Waals surface area contributed by atoms with Gasteiger partial charge in [0, 0.05) is 5.56 Å². The van der Waals surface area contributed by atoms with Crippen LogP contribution in [-0.4, -0.2) is 16.4 Å². The van der Waals surface area contributed by atoms with E-state index in [9.17, 15) is 5.11 Å². The van der Waals surface area contributed by atoms with E-state index >= 15 is 0 Å². The quantitative estimate of drug-likeness (QED) is 0.452. The topological polar surface area (TPSA) is 69.8 Å². The molecule has 98 valence electrons. The summed E-state index contributed by atoms with van der Waals surface area (Å²) in [5, 5.41) is 16.8. The molecule has 0 amide bonds. The molecule has 0 bridgehead atoms. The SMILES string of the molecule is Oc1ccccc1/C=N\NC(=S)NCc1ccco1. The number of rotatable bonds is 4. The van der Waals surface area contributed by atoms with E-state index in [2.05, 4.69) is 15.8 Å². The van der Waals surface area contributed by atoms with Crippen molar-refractivity contribution in [1.29, 1.82) is 0 Å². The van der Waals surface area contributed by atoms with Gasteiger partial charge in [-0.2, -0.15) is 5.10 Å². The number of aromatic hydroxyl groups is 1. The number of hydrogen-bond donors (Lipinski definition) is 3. The fraction of sp³-hybridized carbons (Fsp3) is 0.0769. The molecule has 3 N–H and O–H groups in total. The summed E-state index contributed by atoms with van der Waals surface area (Å²) >= 11 is 5.04. The molecule has 0 fully saturated rings. The third-order valence-electron chi connectivity index (χ3n) is 2.31. The lowest BCUT2D eigenvalue weighted by atomic mass is 10.2. The van der Waals surface area contributed by atoms with Crippen LogP contribution in [0.5, 0.6) is 5.75 Å². The standard InChI is InChI=1S/C13H13N3O2S/c17-12-6-2-1-4-10(12)8-15-16-13(19)14-9-11-5-3-7-18-11/h1-8,17H,9H2,(H2,14,16,19)/b15-8-. The number of benzene rings is 1. The van der Waals surface area contributed by atoms with Crippen LogP contribution in [0, 0.1) is 0 Å². The number of phenolic OH excluding ortho intramolecular Hbond substituents is 1. The van der Waals surface area contributed by atoms with Gasteiger partial charge < -0.3 is 14.8 Å². The van der Waals surface area contributed by atoms with Crippen LogP contribution in [0.4, 0.5) is 0 Å². The summed E-state index contributed by atoms with van der Waals surface area (Å²) in [6.45, 7) is 0.491. The first kappa shape index (κ1) is 13.1. The Hall–Kier alpha value is -2.34. The molecule has 2 aromatic rings. The molecular weight excluding hydrogens is 262 g/mol. The maximum Gasteiger partial charge on any atom is 0.187 e. The second kappa shape index (κ2) is 6.55. The van der Waals surface area contributed by atoms with E-state index in [-0.39, 0.29) is 5.75 Å². The fourth-order valence-corrected chi connectivity index (χ4v) is 1.50. The Kier molecular flexibility index (Phi) is 4.52. The van der Waals surface area contributed by atoms with Crippen LogP contribution in [-0.2, 0) is 6.54 Å². The van der Waals surface area contributed by atoms with Crippen molar-refractivity contribution >= 4 is 23.5 Å². The third kappa shape index (κ3) is 4.11. The summed E-state index contributed by atoms with van der Waals surface area (Å²) in [6, 6.07) is 10.6. The number of furan rings is 1. The molecule has 1 aromatic heterocycles. The largest absolute Gasteiger partial charge is 0.507 e. The maximum atomic E-state index is 9.52. The molecule has 0 aliphatic carbocycles. The average molecular weight is 275 g/mol. The molecule has 0 saturated carbocycles. The molecule has 0 radical (unpaired) electrons. The number of hydrazone groups is 1. The van der Waals surface area contributed by atoms with E-state index in [4.69, 9.17) is 16.6 Å². The number of para-hydroxylation sites is 1. The number of nitrogens with one attached hydrogen (secondary N) is 2. The summed E-state index contributed by atoms with van der Waals surface area (Å²) in [5.74, 6) is 0.955. The zero-order valence-corrected chi connectivity index (χ0v) is 10.9. The first-order valence-electron chi connectivity index (χ1n) is 5.63. The van der Waals surface area contributed by atoms with Crippen molar-refractivity contribution in [3.63, 3.8) is 0 Å². The van der Waals surface area contributed by atoms with Gasteiger partial charge in [-0.15, -0.1) is 0 Å². The minimum atomic E-state index is 0.169. The highest BCUT2D eigenvalue weighted by Crippen LogP contribution is 2.12. The average Bonchev–Trinajstić information content (AvgIpc) is 2.92.